The van der Waals surface area contributed by atoms with Crippen molar-refractivity contribution in [3.05, 3.63) is 280 Å². The van der Waals surface area contributed by atoms with Crippen molar-refractivity contribution in [2.75, 3.05) is 21.3 Å². The topological polar surface area (TPSA) is 300 Å². The summed E-state index contributed by atoms with van der Waals surface area (Å²) >= 11 is 2.27. The Morgan fingerprint density at radius 2 is 0.626 bits per heavy atom. The molecule has 131 heavy (non-hydrogen) atoms. The van der Waals surface area contributed by atoms with E-state index >= 15 is 0 Å². The summed E-state index contributed by atoms with van der Waals surface area (Å²) in [6.45, 7) is 0. The van der Waals surface area contributed by atoms with E-state index in [2.05, 4.69) is 48.8 Å². The number of carbonyl (C=O) groups excluding carboxylic acids is 4. The van der Waals surface area contributed by atoms with Crippen molar-refractivity contribution in [2.45, 2.75) is 199 Å². The highest BCUT2D eigenvalue weighted by Crippen LogP contribution is 2.43. The normalized spacial score (nSPS) is 15.2. The first-order valence-electron chi connectivity index (χ1n) is 45.2. The van der Waals surface area contributed by atoms with E-state index in [4.69, 9.17) is 34.9 Å². The van der Waals surface area contributed by atoms with Gasteiger partial charge < -0.3 is 41.7 Å². The molecule has 0 radical (unpaired) electrons. The molecule has 4 amide bonds. The third-order valence-corrected chi connectivity index (χ3v) is 26.9. The van der Waals surface area contributed by atoms with E-state index in [1.165, 1.54) is 70.3 Å². The summed E-state index contributed by atoms with van der Waals surface area (Å²) < 4.78 is 96.6. The molecular formula is C103H98F7IN12O8. The van der Waals surface area contributed by atoms with Crippen molar-refractivity contribution in [1.29, 1.82) is 0 Å². The maximum Gasteiger partial charge on any atom is 0.256 e. The summed E-state index contributed by atoms with van der Waals surface area (Å²) in [4.78, 5) is 90.2. The van der Waals surface area contributed by atoms with Gasteiger partial charge in [0.2, 0.25) is 23.5 Å². The molecule has 4 heterocycles. The first kappa shape index (κ1) is 90.3. The summed E-state index contributed by atoms with van der Waals surface area (Å²) in [6.07, 6.45) is 26.3. The molecule has 674 valence electrons. The second-order valence-electron chi connectivity index (χ2n) is 35.5. The Balaban J connectivity index is 0.000000122. The number of amides is 4. The summed E-state index contributed by atoms with van der Waals surface area (Å²) in [5, 5.41) is 50.9. The Hall–Kier alpha value is -12.6. The maximum atomic E-state index is 14.1. The lowest BCUT2D eigenvalue weighted by Gasteiger charge is -2.22. The highest BCUT2D eigenvalue weighted by atomic mass is 127. The Morgan fingerprint density at radius 1 is 0.321 bits per heavy atom. The fourth-order valence-electron chi connectivity index (χ4n) is 19.5. The Morgan fingerprint density at radius 3 is 0.962 bits per heavy atom. The number of hydrogen-bond acceptors (Lipinski definition) is 16. The predicted octanol–water partition coefficient (Wildman–Crippen LogP) is 21.1. The fraction of sp³-hybridized carbons (Fsp3) is 0.340. The number of phenolic OH excluding ortho intramolecular Hbond substituents is 4. The fourth-order valence-corrected chi connectivity index (χ4v) is 19.8. The van der Waals surface area contributed by atoms with Gasteiger partial charge in [-0.25, -0.2) is 70.6 Å². The van der Waals surface area contributed by atoms with E-state index in [-0.39, 0.29) is 53.0 Å². The van der Waals surface area contributed by atoms with Crippen LogP contribution in [-0.4, -0.2) is 83.9 Å². The summed E-state index contributed by atoms with van der Waals surface area (Å²) in [6, 6.07) is 42.0. The van der Waals surface area contributed by atoms with Crippen LogP contribution in [0.15, 0.2) is 146 Å². The first-order chi connectivity index (χ1) is 63.4. The molecular weight excluding hydrogens is 1790 g/mol. The zero-order valence-electron chi connectivity index (χ0n) is 72.1. The minimum absolute atomic E-state index is 0.0609. The lowest BCUT2D eigenvalue weighted by molar-refractivity contribution is -0.116. The highest BCUT2D eigenvalue weighted by Gasteiger charge is 2.34. The van der Waals surface area contributed by atoms with Gasteiger partial charge in [-0.1, -0.05) is 139 Å². The van der Waals surface area contributed by atoms with Crippen LogP contribution in [0.3, 0.4) is 0 Å². The number of rotatable bonds is 19. The average molecular weight is 1890 g/mol. The van der Waals surface area contributed by atoms with Gasteiger partial charge in [0.25, 0.3) is 5.91 Å². The van der Waals surface area contributed by atoms with Gasteiger partial charge in [0.1, 0.15) is 23.0 Å². The number of carbonyl (C=O) groups is 4. The number of fused-ring (bicyclic) bond motifs is 12. The average Bonchev–Trinajstić information content (AvgIpc) is 1.13. The maximum absolute atomic E-state index is 14.1. The molecule has 8 aromatic carbocycles. The molecule has 28 heteroatoms. The quantitative estimate of drug-likeness (QED) is 0.0161. The van der Waals surface area contributed by atoms with E-state index in [9.17, 15) is 70.3 Å². The second kappa shape index (κ2) is 40.4. The molecule has 4 fully saturated rings. The lowest BCUT2D eigenvalue weighted by atomic mass is 9.91. The van der Waals surface area contributed by atoms with Crippen molar-refractivity contribution < 1.29 is 70.3 Å². The van der Waals surface area contributed by atoms with Crippen molar-refractivity contribution in [3.63, 3.8) is 0 Å². The summed E-state index contributed by atoms with van der Waals surface area (Å²) in [7, 11) is 0. The molecule has 20 rings (SSSR count). The smallest absolute Gasteiger partial charge is 0.256 e. The van der Waals surface area contributed by atoms with Gasteiger partial charge in [0.05, 0.1) is 87.6 Å². The third-order valence-electron chi connectivity index (χ3n) is 26.2. The minimum atomic E-state index is -2.28. The van der Waals surface area contributed by atoms with Crippen LogP contribution in [0.5, 0.6) is 23.0 Å². The van der Waals surface area contributed by atoms with Crippen molar-refractivity contribution in [1.82, 2.24) is 39.9 Å². The van der Waals surface area contributed by atoms with Gasteiger partial charge in [-0.3, -0.25) is 19.2 Å². The molecule has 8 aliphatic carbocycles. The SMILES string of the molecule is O=C(Cc1c(F)c(F)c(F)c(F)c1F)Nc1nc2c(nc1CC1CCCC1)-c1ccc(O)cc1CC2.O=C(Cc1ccc(F)c(F)c1)Nc1nc2c(nc1CC1CCCC1)-c1ccc(O)cc1CC2.O=C(Cc1ccc(I)cc1)Nc1nc2c(nc1CC1CCCC1)-c1ccc(O)cc1CC2.O=C(Nc1nc2c(nc1CC1CCCC1)-c1ccc(O)cc1CC2)c1ccccc1. The van der Waals surface area contributed by atoms with Crippen LogP contribution < -0.4 is 21.3 Å². The highest BCUT2D eigenvalue weighted by molar-refractivity contribution is 14.1. The van der Waals surface area contributed by atoms with Crippen LogP contribution >= 0.6 is 22.6 Å². The molecule has 8 N–H and O–H groups in total. The number of phenols is 4. The molecule has 0 bridgehead atoms. The molecule has 12 aromatic rings. The zero-order chi connectivity index (χ0) is 91.1. The van der Waals surface area contributed by atoms with E-state index in [0.717, 1.165) is 207 Å². The van der Waals surface area contributed by atoms with Gasteiger partial charge in [0, 0.05) is 37.0 Å². The molecule has 0 saturated heterocycles. The number of halogens is 8. The first-order valence-corrected chi connectivity index (χ1v) is 46.3. The molecule has 0 atom stereocenters. The predicted molar refractivity (Wildman–Crippen MR) is 492 cm³/mol. The second-order valence-corrected chi connectivity index (χ2v) is 36.7. The van der Waals surface area contributed by atoms with Crippen molar-refractivity contribution in [3.8, 4) is 68.0 Å². The number of aromatic hydroxyl groups is 4. The zero-order valence-corrected chi connectivity index (χ0v) is 74.3. The number of nitrogens with one attached hydrogen (secondary N) is 4. The number of benzene rings is 8. The largest absolute Gasteiger partial charge is 0.508 e. The van der Waals surface area contributed by atoms with Crippen LogP contribution in [0, 0.1) is 68.0 Å². The van der Waals surface area contributed by atoms with E-state index < -0.39 is 58.6 Å². The number of aromatic nitrogens is 8. The van der Waals surface area contributed by atoms with E-state index in [1.54, 1.807) is 54.6 Å². The molecule has 4 saturated carbocycles. The van der Waals surface area contributed by atoms with Crippen LogP contribution in [0.1, 0.15) is 198 Å². The lowest BCUT2D eigenvalue weighted by Crippen LogP contribution is -2.22. The molecule has 0 spiro atoms. The summed E-state index contributed by atoms with van der Waals surface area (Å²) in [5.74, 6) is -9.25. The molecule has 0 aliphatic heterocycles. The number of anilines is 4. The Labute approximate surface area is 766 Å². The molecule has 4 aromatic heterocycles. The Bertz CT molecular complexity index is 6340. The number of hydrogen-bond donors (Lipinski definition) is 8. The Kier molecular flexibility index (Phi) is 27.9. The van der Waals surface area contributed by atoms with Gasteiger partial charge in [-0.2, -0.15) is 0 Å². The monoisotopic (exact) mass is 1890 g/mol. The van der Waals surface area contributed by atoms with E-state index in [0.29, 0.717) is 101 Å². The van der Waals surface area contributed by atoms with Crippen LogP contribution in [0.4, 0.5) is 54.0 Å². The third kappa shape index (κ3) is 21.4. The van der Waals surface area contributed by atoms with Gasteiger partial charge in [-0.15, -0.1) is 0 Å². The standard InChI is InChI=1S/C26H22F5N3O2.C26H25F2N3O2.C26H26IN3O2.C25H25N3O2/c27-20-16(21(28)23(30)24(31)22(20)29)11-19(36)34-26-18(9-12-3-1-2-4-12)32-25-15-7-6-14(35)10-13(15)5-8-17(25)33-26;27-20-9-5-16(11-21(20)28)13-24(33)31-26-23(12-15-3-1-2-4-15)29-25-19-8-7-18(32)14-17(19)6-10-22(25)30-26;27-19-8-5-17(6-9-19)14-24(32)30-26-23(13-16-3-1-2-4-16)28-25-21-11-10-20(31)15-18(21)7-12-22(25)29-26;29-19-11-12-20-18(15-19)10-13-21-23(20)26-22(14-16-6-4-5-7-16)24(27-21)28-25(30)17-8-2-1-3-9-17/h6-7,10,12,35H,1-5,8-9,11H2,(H,33,34,36);5,7-9,11,14-15,32H,1-4,6,10,12-13H2,(H,30,31,33);5-6,8-11,15-16,31H,1-4,7,12-14H2,(H,29,30,32);1-3,8-9,11-12,15-16,29H,4-7,10,13-14H2,(H,27,28,30). The van der Waals surface area contributed by atoms with E-state index in [1.807, 2.05) is 72.8 Å². The summed E-state index contributed by atoms with van der Waals surface area (Å²) in [5.41, 5.74) is 18.3. The number of nitrogens with zero attached hydrogens (tertiary/aromatic N) is 8. The van der Waals surface area contributed by atoms with Crippen molar-refractivity contribution >= 4 is 69.5 Å². The van der Waals surface area contributed by atoms with Crippen molar-refractivity contribution in [2.24, 2.45) is 23.7 Å². The number of aryl methyl sites for hydroxylation is 8. The molecule has 0 unspecified atom stereocenters. The van der Waals surface area contributed by atoms with Gasteiger partial charge in [0.15, 0.2) is 58.2 Å². The molecule has 8 aliphatic rings. The van der Waals surface area contributed by atoms with Crippen LogP contribution in [0.25, 0.3) is 45.0 Å². The van der Waals surface area contributed by atoms with Crippen LogP contribution in [0.2, 0.25) is 0 Å². The molecule has 20 nitrogen and oxygen atoms in total. The minimum Gasteiger partial charge on any atom is -0.508 e. The van der Waals surface area contributed by atoms with Crippen LogP contribution in [-0.2, 0) is 111 Å². The van der Waals surface area contributed by atoms with Gasteiger partial charge in [-0.05, 0) is 266 Å². The van der Waals surface area contributed by atoms with Gasteiger partial charge >= 0.3 is 0 Å².